The maximum Gasteiger partial charge on any atom is 0.410 e. The molecule has 1 aliphatic carbocycles. The Labute approximate surface area is 107 Å². The number of carboxylic acid groups (broad SMARTS) is 1. The number of ether oxygens (including phenoxy) is 1. The SMILES string of the molecule is CC(C)(C)OC(=O)N1C[C@H]2C[C@H](C(=O)O)C[C@@H]1C2. The van der Waals surface area contributed by atoms with Gasteiger partial charge >= 0.3 is 12.1 Å². The molecular formula is C13H21NO4. The molecule has 0 aromatic rings. The molecule has 1 saturated carbocycles. The molecule has 0 spiro atoms. The lowest BCUT2D eigenvalue weighted by molar-refractivity contribution is -0.143. The van der Waals surface area contributed by atoms with Crippen LogP contribution in [0.25, 0.3) is 0 Å². The van der Waals surface area contributed by atoms with Crippen LogP contribution in [-0.4, -0.2) is 40.3 Å². The fourth-order valence-corrected chi connectivity index (χ4v) is 2.98. The van der Waals surface area contributed by atoms with Gasteiger partial charge in [-0.05, 0) is 46.0 Å². The Kier molecular flexibility index (Phi) is 3.25. The molecule has 1 aliphatic heterocycles. The fraction of sp³-hybridized carbons (Fsp3) is 0.846. The van der Waals surface area contributed by atoms with E-state index in [1.165, 1.54) is 0 Å². The van der Waals surface area contributed by atoms with Crippen LogP contribution in [0.5, 0.6) is 0 Å². The molecule has 5 heteroatoms. The largest absolute Gasteiger partial charge is 0.481 e. The second-order valence-electron chi connectivity index (χ2n) is 6.39. The molecule has 0 aromatic carbocycles. The summed E-state index contributed by atoms with van der Waals surface area (Å²) in [7, 11) is 0. The monoisotopic (exact) mass is 255 g/mol. The van der Waals surface area contributed by atoms with E-state index in [1.54, 1.807) is 4.90 Å². The highest BCUT2D eigenvalue weighted by Gasteiger charge is 2.44. The summed E-state index contributed by atoms with van der Waals surface area (Å²) in [6.45, 7) is 6.16. The van der Waals surface area contributed by atoms with Crippen LogP contribution >= 0.6 is 0 Å². The Balaban J connectivity index is 2.01. The standard InChI is InChI=1S/C13H21NO4/c1-13(2,3)18-12(17)14-7-8-4-9(11(15)16)6-10(14)5-8/h8-10H,4-7H2,1-3H3,(H,15,16)/t8-,9-,10-/m0/s1. The van der Waals surface area contributed by atoms with Crippen molar-refractivity contribution in [2.24, 2.45) is 11.8 Å². The number of likely N-dealkylation sites (tertiary alicyclic amines) is 1. The predicted molar refractivity (Wildman–Crippen MR) is 65.2 cm³/mol. The zero-order valence-electron chi connectivity index (χ0n) is 11.2. The topological polar surface area (TPSA) is 66.8 Å². The molecule has 1 saturated heterocycles. The van der Waals surface area contributed by atoms with Crippen molar-refractivity contribution in [1.82, 2.24) is 4.90 Å². The molecule has 2 bridgehead atoms. The van der Waals surface area contributed by atoms with E-state index in [1.807, 2.05) is 20.8 Å². The second kappa shape index (κ2) is 4.44. The molecule has 0 unspecified atom stereocenters. The summed E-state index contributed by atoms with van der Waals surface area (Å²) in [6, 6.07) is 0.0414. The van der Waals surface area contributed by atoms with Crippen LogP contribution < -0.4 is 0 Å². The Morgan fingerprint density at radius 3 is 2.44 bits per heavy atom. The van der Waals surface area contributed by atoms with E-state index >= 15 is 0 Å². The molecule has 2 rings (SSSR count). The van der Waals surface area contributed by atoms with Gasteiger partial charge in [-0.3, -0.25) is 4.79 Å². The van der Waals surface area contributed by atoms with Crippen LogP contribution in [0.1, 0.15) is 40.0 Å². The van der Waals surface area contributed by atoms with Crippen molar-refractivity contribution < 1.29 is 19.4 Å². The van der Waals surface area contributed by atoms with Crippen molar-refractivity contribution in [3.63, 3.8) is 0 Å². The van der Waals surface area contributed by atoms with E-state index in [2.05, 4.69) is 0 Å². The van der Waals surface area contributed by atoms with E-state index in [4.69, 9.17) is 9.84 Å². The number of carbonyl (C=O) groups is 2. The molecule has 1 heterocycles. The minimum absolute atomic E-state index is 0.0414. The van der Waals surface area contributed by atoms with Gasteiger partial charge in [-0.15, -0.1) is 0 Å². The Morgan fingerprint density at radius 1 is 1.22 bits per heavy atom. The lowest BCUT2D eigenvalue weighted by Gasteiger charge is -2.29. The number of rotatable bonds is 1. The van der Waals surface area contributed by atoms with E-state index in [0.29, 0.717) is 25.3 Å². The van der Waals surface area contributed by atoms with E-state index in [9.17, 15) is 9.59 Å². The molecular weight excluding hydrogens is 234 g/mol. The van der Waals surface area contributed by atoms with E-state index < -0.39 is 11.6 Å². The molecule has 102 valence electrons. The highest BCUT2D eigenvalue weighted by molar-refractivity contribution is 5.72. The highest BCUT2D eigenvalue weighted by Crippen LogP contribution is 2.39. The summed E-state index contributed by atoms with van der Waals surface area (Å²) in [5, 5.41) is 9.08. The van der Waals surface area contributed by atoms with E-state index in [-0.39, 0.29) is 18.1 Å². The summed E-state index contributed by atoms with van der Waals surface area (Å²) in [4.78, 5) is 24.8. The summed E-state index contributed by atoms with van der Waals surface area (Å²) >= 11 is 0. The Hall–Kier alpha value is -1.26. The van der Waals surface area contributed by atoms with Crippen molar-refractivity contribution in [2.45, 2.75) is 51.7 Å². The number of hydrogen-bond acceptors (Lipinski definition) is 3. The molecule has 1 N–H and O–H groups in total. The number of fused-ring (bicyclic) bond motifs is 2. The Morgan fingerprint density at radius 2 is 1.89 bits per heavy atom. The van der Waals surface area contributed by atoms with Crippen molar-refractivity contribution >= 4 is 12.1 Å². The number of carboxylic acids is 1. The first kappa shape index (κ1) is 13.2. The number of amides is 1. The van der Waals surface area contributed by atoms with Crippen LogP contribution in [0.2, 0.25) is 0 Å². The molecule has 0 radical (unpaired) electrons. The van der Waals surface area contributed by atoms with Crippen LogP contribution in [0.3, 0.4) is 0 Å². The summed E-state index contributed by atoms with van der Waals surface area (Å²) in [5.74, 6) is -0.728. The molecule has 1 amide bonds. The third-order valence-electron chi connectivity index (χ3n) is 3.65. The van der Waals surface area contributed by atoms with Crippen molar-refractivity contribution in [2.75, 3.05) is 6.54 Å². The van der Waals surface area contributed by atoms with E-state index in [0.717, 1.165) is 6.42 Å². The average molecular weight is 255 g/mol. The minimum atomic E-state index is -0.740. The number of hydrogen-bond donors (Lipinski definition) is 1. The molecule has 0 aromatic heterocycles. The summed E-state index contributed by atoms with van der Waals surface area (Å²) < 4.78 is 5.37. The van der Waals surface area contributed by atoms with Gasteiger partial charge in [-0.2, -0.15) is 0 Å². The maximum absolute atomic E-state index is 12.0. The summed E-state index contributed by atoms with van der Waals surface area (Å²) in [6.07, 6.45) is 1.86. The van der Waals surface area contributed by atoms with Crippen LogP contribution in [0.15, 0.2) is 0 Å². The summed E-state index contributed by atoms with van der Waals surface area (Å²) in [5.41, 5.74) is -0.500. The third-order valence-corrected chi connectivity index (χ3v) is 3.65. The van der Waals surface area contributed by atoms with Gasteiger partial charge in [0.2, 0.25) is 0 Å². The van der Waals surface area contributed by atoms with Crippen LogP contribution in [0, 0.1) is 11.8 Å². The molecule has 18 heavy (non-hydrogen) atoms. The van der Waals surface area contributed by atoms with Gasteiger partial charge in [0, 0.05) is 12.6 Å². The van der Waals surface area contributed by atoms with Crippen LogP contribution in [-0.2, 0) is 9.53 Å². The Bertz CT molecular complexity index is 360. The quantitative estimate of drug-likeness (QED) is 0.779. The fourth-order valence-electron chi connectivity index (χ4n) is 2.98. The lowest BCUT2D eigenvalue weighted by atomic mass is 9.82. The smallest absolute Gasteiger partial charge is 0.410 e. The van der Waals surface area contributed by atoms with Gasteiger partial charge in [-0.25, -0.2) is 4.79 Å². The number of nitrogens with zero attached hydrogens (tertiary/aromatic N) is 1. The van der Waals surface area contributed by atoms with Crippen molar-refractivity contribution in [3.8, 4) is 0 Å². The van der Waals surface area contributed by atoms with Crippen molar-refractivity contribution in [1.29, 1.82) is 0 Å². The average Bonchev–Trinajstić information content (AvgIpc) is 2.51. The van der Waals surface area contributed by atoms with Crippen LogP contribution in [0.4, 0.5) is 4.79 Å². The lowest BCUT2D eigenvalue weighted by Crippen LogP contribution is -2.40. The van der Waals surface area contributed by atoms with Gasteiger partial charge in [0.05, 0.1) is 5.92 Å². The highest BCUT2D eigenvalue weighted by atomic mass is 16.6. The van der Waals surface area contributed by atoms with Gasteiger partial charge in [0.15, 0.2) is 0 Å². The number of carbonyl (C=O) groups excluding carboxylic acids is 1. The molecule has 2 fully saturated rings. The first-order valence-corrected chi connectivity index (χ1v) is 6.48. The second-order valence-corrected chi connectivity index (χ2v) is 6.39. The zero-order valence-corrected chi connectivity index (χ0v) is 11.2. The molecule has 5 nitrogen and oxygen atoms in total. The van der Waals surface area contributed by atoms with Gasteiger partial charge < -0.3 is 14.7 Å². The molecule has 3 atom stereocenters. The maximum atomic E-state index is 12.0. The van der Waals surface area contributed by atoms with Gasteiger partial charge in [-0.1, -0.05) is 0 Å². The number of aliphatic carboxylic acids is 1. The van der Waals surface area contributed by atoms with Gasteiger partial charge in [0.25, 0.3) is 0 Å². The molecule has 2 aliphatic rings. The normalized spacial score (nSPS) is 31.3. The van der Waals surface area contributed by atoms with Crippen molar-refractivity contribution in [3.05, 3.63) is 0 Å². The third kappa shape index (κ3) is 2.76. The van der Waals surface area contributed by atoms with Gasteiger partial charge in [0.1, 0.15) is 5.60 Å². The minimum Gasteiger partial charge on any atom is -0.481 e. The first-order chi connectivity index (χ1) is 8.26. The first-order valence-electron chi connectivity index (χ1n) is 6.48. The zero-order chi connectivity index (χ0) is 13.5. The predicted octanol–water partition coefficient (Wildman–Crippen LogP) is 2.11.